The van der Waals surface area contributed by atoms with Crippen LogP contribution in [0.15, 0.2) is 12.4 Å². The topological polar surface area (TPSA) is 34.9 Å². The lowest BCUT2D eigenvalue weighted by atomic mass is 9.94. The van der Waals surface area contributed by atoms with Crippen molar-refractivity contribution in [3.8, 4) is 0 Å². The highest BCUT2D eigenvalue weighted by atomic mass is 32.2. The second kappa shape index (κ2) is 6.24. The van der Waals surface area contributed by atoms with Gasteiger partial charge in [-0.15, -0.1) is 0 Å². The molecule has 0 bridgehead atoms. The Bertz CT molecular complexity index is 369. The molecule has 0 spiro atoms. The summed E-state index contributed by atoms with van der Waals surface area (Å²) in [4.78, 5) is 11.9. The highest BCUT2D eigenvalue weighted by molar-refractivity contribution is 7.99. The molecule has 0 amide bonds. The number of rotatable bonds is 5. The zero-order chi connectivity index (χ0) is 12.1. The van der Waals surface area contributed by atoms with Gasteiger partial charge in [0.1, 0.15) is 5.78 Å². The van der Waals surface area contributed by atoms with Gasteiger partial charge in [0.15, 0.2) is 0 Å². The van der Waals surface area contributed by atoms with E-state index >= 15 is 0 Å². The molecule has 2 rings (SSSR count). The Balaban J connectivity index is 1.79. The number of hydrogen-bond donors (Lipinski definition) is 0. The lowest BCUT2D eigenvalue weighted by molar-refractivity contribution is -0.119. The predicted octanol–water partition coefficient (Wildman–Crippen LogP) is 2.55. The third kappa shape index (κ3) is 3.87. The van der Waals surface area contributed by atoms with E-state index in [2.05, 4.69) is 12.0 Å². The molecule has 0 aliphatic carbocycles. The summed E-state index contributed by atoms with van der Waals surface area (Å²) < 4.78 is 1.87. The van der Waals surface area contributed by atoms with Crippen molar-refractivity contribution in [1.82, 2.24) is 9.78 Å². The SMILES string of the molecule is CCn1cc(CC(=O)CC2CCSCC2)cn1. The van der Waals surface area contributed by atoms with Gasteiger partial charge in [0.05, 0.1) is 6.20 Å². The van der Waals surface area contributed by atoms with Gasteiger partial charge in [-0.3, -0.25) is 9.48 Å². The summed E-state index contributed by atoms with van der Waals surface area (Å²) in [5.41, 5.74) is 1.06. The van der Waals surface area contributed by atoms with Gasteiger partial charge in [0, 0.05) is 25.6 Å². The van der Waals surface area contributed by atoms with Crippen molar-refractivity contribution in [1.29, 1.82) is 0 Å². The molecule has 4 heteroatoms. The van der Waals surface area contributed by atoms with Crippen LogP contribution < -0.4 is 0 Å². The first kappa shape index (κ1) is 12.7. The second-order valence-corrected chi connectivity index (χ2v) is 5.90. The third-order valence-electron chi connectivity index (χ3n) is 3.27. The minimum atomic E-state index is 0.373. The van der Waals surface area contributed by atoms with E-state index in [1.54, 1.807) is 0 Å². The first-order valence-electron chi connectivity index (χ1n) is 6.38. The quantitative estimate of drug-likeness (QED) is 0.808. The van der Waals surface area contributed by atoms with Crippen LogP contribution in [0, 0.1) is 5.92 Å². The van der Waals surface area contributed by atoms with Crippen LogP contribution in [0.2, 0.25) is 0 Å². The predicted molar refractivity (Wildman–Crippen MR) is 71.3 cm³/mol. The lowest BCUT2D eigenvalue weighted by Crippen LogP contribution is -2.15. The minimum Gasteiger partial charge on any atom is -0.299 e. The molecule has 0 N–H and O–H groups in total. The fourth-order valence-electron chi connectivity index (χ4n) is 2.24. The van der Waals surface area contributed by atoms with Gasteiger partial charge in [0.25, 0.3) is 0 Å². The summed E-state index contributed by atoms with van der Waals surface area (Å²) >= 11 is 2.01. The van der Waals surface area contributed by atoms with Crippen LogP contribution in [0.3, 0.4) is 0 Å². The van der Waals surface area contributed by atoms with E-state index in [0.717, 1.165) is 18.5 Å². The van der Waals surface area contributed by atoms with Gasteiger partial charge in [-0.1, -0.05) is 0 Å². The molecule has 17 heavy (non-hydrogen) atoms. The number of hydrogen-bond acceptors (Lipinski definition) is 3. The smallest absolute Gasteiger partial charge is 0.137 e. The molecule has 2 heterocycles. The number of aryl methyl sites for hydroxylation is 1. The molecule has 0 aromatic carbocycles. The number of carbonyl (C=O) groups excluding carboxylic acids is 1. The van der Waals surface area contributed by atoms with Gasteiger partial charge in [0.2, 0.25) is 0 Å². The van der Waals surface area contributed by atoms with Crippen molar-refractivity contribution >= 4 is 17.5 Å². The Morgan fingerprint density at radius 3 is 2.94 bits per heavy atom. The van der Waals surface area contributed by atoms with Crippen molar-refractivity contribution in [3.05, 3.63) is 18.0 Å². The van der Waals surface area contributed by atoms with Crippen molar-refractivity contribution in [2.45, 2.75) is 39.2 Å². The van der Waals surface area contributed by atoms with Crippen LogP contribution >= 0.6 is 11.8 Å². The Kier molecular flexibility index (Phi) is 4.66. The van der Waals surface area contributed by atoms with Gasteiger partial charge < -0.3 is 0 Å². The van der Waals surface area contributed by atoms with Crippen molar-refractivity contribution in [2.24, 2.45) is 5.92 Å². The van der Waals surface area contributed by atoms with E-state index in [1.165, 1.54) is 24.3 Å². The summed E-state index contributed by atoms with van der Waals surface area (Å²) in [6.07, 6.45) is 7.55. The molecule has 0 unspecified atom stereocenters. The van der Waals surface area contributed by atoms with Gasteiger partial charge in [-0.05, 0) is 42.8 Å². The molecule has 1 fully saturated rings. The van der Waals surface area contributed by atoms with E-state index in [1.807, 2.05) is 28.8 Å². The average Bonchev–Trinajstić information content (AvgIpc) is 2.78. The van der Waals surface area contributed by atoms with E-state index in [4.69, 9.17) is 0 Å². The Hall–Kier alpha value is -0.770. The number of nitrogens with zero attached hydrogens (tertiary/aromatic N) is 2. The Morgan fingerprint density at radius 2 is 2.29 bits per heavy atom. The van der Waals surface area contributed by atoms with Crippen molar-refractivity contribution in [3.63, 3.8) is 0 Å². The molecule has 1 aromatic heterocycles. The standard InChI is InChI=1S/C13H20N2OS/c1-2-15-10-12(9-14-15)8-13(16)7-11-3-5-17-6-4-11/h9-11H,2-8H2,1H3. The summed E-state index contributed by atoms with van der Waals surface area (Å²) in [5.74, 6) is 3.46. The number of thioether (sulfide) groups is 1. The molecule has 0 saturated carbocycles. The van der Waals surface area contributed by atoms with E-state index in [9.17, 15) is 4.79 Å². The zero-order valence-corrected chi connectivity index (χ0v) is 11.2. The number of aromatic nitrogens is 2. The molecular formula is C13H20N2OS. The van der Waals surface area contributed by atoms with Gasteiger partial charge >= 0.3 is 0 Å². The van der Waals surface area contributed by atoms with E-state index in [0.29, 0.717) is 18.1 Å². The lowest BCUT2D eigenvalue weighted by Gasteiger charge is -2.20. The average molecular weight is 252 g/mol. The maximum atomic E-state index is 11.9. The largest absolute Gasteiger partial charge is 0.299 e. The first-order chi connectivity index (χ1) is 8.28. The fourth-order valence-corrected chi connectivity index (χ4v) is 3.45. The van der Waals surface area contributed by atoms with Crippen LogP contribution in [0.1, 0.15) is 31.7 Å². The van der Waals surface area contributed by atoms with Crippen molar-refractivity contribution in [2.75, 3.05) is 11.5 Å². The first-order valence-corrected chi connectivity index (χ1v) is 7.54. The second-order valence-electron chi connectivity index (χ2n) is 4.68. The molecule has 1 aliphatic heterocycles. The minimum absolute atomic E-state index is 0.373. The van der Waals surface area contributed by atoms with Crippen LogP contribution in [-0.4, -0.2) is 27.1 Å². The summed E-state index contributed by atoms with van der Waals surface area (Å²) in [7, 11) is 0. The van der Waals surface area contributed by atoms with Crippen LogP contribution in [-0.2, 0) is 17.8 Å². The molecule has 3 nitrogen and oxygen atoms in total. The Morgan fingerprint density at radius 1 is 1.53 bits per heavy atom. The summed E-state index contributed by atoms with van der Waals surface area (Å²) in [6, 6.07) is 0. The molecule has 0 atom stereocenters. The van der Waals surface area contributed by atoms with Crippen LogP contribution in [0.25, 0.3) is 0 Å². The number of carbonyl (C=O) groups is 1. The number of ketones is 1. The Labute approximate surface area is 107 Å². The zero-order valence-electron chi connectivity index (χ0n) is 10.4. The summed E-state index contributed by atoms with van der Waals surface area (Å²) in [5, 5.41) is 4.20. The van der Waals surface area contributed by atoms with E-state index in [-0.39, 0.29) is 0 Å². The summed E-state index contributed by atoms with van der Waals surface area (Å²) in [6.45, 7) is 2.92. The molecule has 0 radical (unpaired) electrons. The van der Waals surface area contributed by atoms with E-state index < -0.39 is 0 Å². The van der Waals surface area contributed by atoms with Gasteiger partial charge in [-0.25, -0.2) is 0 Å². The number of Topliss-reactive ketones (excluding diaryl/α,β-unsaturated/α-hetero) is 1. The van der Waals surface area contributed by atoms with Crippen LogP contribution in [0.4, 0.5) is 0 Å². The highest BCUT2D eigenvalue weighted by Crippen LogP contribution is 2.25. The van der Waals surface area contributed by atoms with Crippen LogP contribution in [0.5, 0.6) is 0 Å². The third-order valence-corrected chi connectivity index (χ3v) is 4.32. The molecular weight excluding hydrogens is 232 g/mol. The normalized spacial score (nSPS) is 17.2. The fraction of sp³-hybridized carbons (Fsp3) is 0.692. The molecule has 1 aliphatic rings. The maximum absolute atomic E-state index is 11.9. The molecule has 1 aromatic rings. The maximum Gasteiger partial charge on any atom is 0.137 e. The van der Waals surface area contributed by atoms with Crippen molar-refractivity contribution < 1.29 is 4.79 Å². The molecule has 94 valence electrons. The highest BCUT2D eigenvalue weighted by Gasteiger charge is 2.17. The van der Waals surface area contributed by atoms with Gasteiger partial charge in [-0.2, -0.15) is 16.9 Å². The molecule has 1 saturated heterocycles. The monoisotopic (exact) mass is 252 g/mol.